The lowest BCUT2D eigenvalue weighted by Gasteiger charge is -2.28. The van der Waals surface area contributed by atoms with Gasteiger partial charge in [0.1, 0.15) is 5.82 Å². The van der Waals surface area contributed by atoms with Crippen LogP contribution in [0.15, 0.2) is 12.1 Å². The Morgan fingerprint density at radius 2 is 2.26 bits per heavy atom. The van der Waals surface area contributed by atoms with E-state index in [4.69, 9.17) is 16.3 Å². The largest absolute Gasteiger partial charge is 0.373 e. The highest BCUT2D eigenvalue weighted by atomic mass is 35.5. The van der Waals surface area contributed by atoms with Crippen molar-refractivity contribution in [3.63, 3.8) is 0 Å². The molecule has 106 valence electrons. The maximum Gasteiger partial charge on any atom is 0.126 e. The van der Waals surface area contributed by atoms with Crippen molar-refractivity contribution in [1.82, 2.24) is 4.98 Å². The zero-order chi connectivity index (χ0) is 13.7. The molecule has 0 aliphatic heterocycles. The Morgan fingerprint density at radius 1 is 1.42 bits per heavy atom. The number of nitrogens with one attached hydrogen (secondary N) is 1. The van der Waals surface area contributed by atoms with Crippen LogP contribution in [0, 0.1) is 5.92 Å². The summed E-state index contributed by atoms with van der Waals surface area (Å²) in [5.74, 6) is 1.66. The Balaban J connectivity index is 1.91. The molecule has 1 saturated carbocycles. The minimum absolute atomic E-state index is 0.370. The standard InChI is InChI=1S/C15H23ClN2O/c1-3-11-5-4-6-12(9-11)19-10-14-13(16)7-8-15(17-2)18-14/h7-8,11-12H,3-6,9-10H2,1-2H3,(H,17,18). The molecule has 19 heavy (non-hydrogen) atoms. The Morgan fingerprint density at radius 3 is 3.00 bits per heavy atom. The first kappa shape index (κ1) is 14.6. The number of halogens is 1. The van der Waals surface area contributed by atoms with Crippen LogP contribution in [0.25, 0.3) is 0 Å². The summed E-state index contributed by atoms with van der Waals surface area (Å²) in [6.07, 6.45) is 6.61. The first-order valence-electron chi connectivity index (χ1n) is 7.17. The predicted octanol–water partition coefficient (Wildman–Crippen LogP) is 4.26. The average Bonchev–Trinajstić information content (AvgIpc) is 2.46. The summed E-state index contributed by atoms with van der Waals surface area (Å²) < 4.78 is 6.01. The van der Waals surface area contributed by atoms with Gasteiger partial charge in [0.15, 0.2) is 0 Å². The van der Waals surface area contributed by atoms with Crippen LogP contribution in [-0.4, -0.2) is 18.1 Å². The number of hydrogen-bond acceptors (Lipinski definition) is 3. The molecular weight excluding hydrogens is 260 g/mol. The van der Waals surface area contributed by atoms with Gasteiger partial charge in [0, 0.05) is 7.05 Å². The second-order valence-corrected chi connectivity index (χ2v) is 5.66. The Bertz CT molecular complexity index is 411. The fourth-order valence-electron chi connectivity index (χ4n) is 2.69. The molecule has 0 radical (unpaired) electrons. The number of hydrogen-bond donors (Lipinski definition) is 1. The van der Waals surface area contributed by atoms with E-state index in [1.54, 1.807) is 0 Å². The lowest BCUT2D eigenvalue weighted by atomic mass is 9.85. The molecule has 0 amide bonds. The number of rotatable bonds is 5. The Labute approximate surface area is 120 Å². The molecule has 0 saturated heterocycles. The predicted molar refractivity (Wildman–Crippen MR) is 79.6 cm³/mol. The summed E-state index contributed by atoms with van der Waals surface area (Å²) >= 11 is 6.16. The highest BCUT2D eigenvalue weighted by molar-refractivity contribution is 6.31. The van der Waals surface area contributed by atoms with E-state index < -0.39 is 0 Å². The first-order valence-corrected chi connectivity index (χ1v) is 7.55. The second kappa shape index (κ2) is 7.11. The minimum atomic E-state index is 0.370. The van der Waals surface area contributed by atoms with Crippen LogP contribution in [0.3, 0.4) is 0 Å². The molecule has 1 heterocycles. The maximum absolute atomic E-state index is 6.16. The highest BCUT2D eigenvalue weighted by Gasteiger charge is 2.21. The normalized spacial score (nSPS) is 23.3. The van der Waals surface area contributed by atoms with Crippen LogP contribution in [-0.2, 0) is 11.3 Å². The third kappa shape index (κ3) is 4.08. The summed E-state index contributed by atoms with van der Waals surface area (Å²) in [5, 5.41) is 3.71. The molecule has 0 bridgehead atoms. The van der Waals surface area contributed by atoms with Crippen molar-refractivity contribution in [3.8, 4) is 0 Å². The molecule has 1 N–H and O–H groups in total. The van der Waals surface area contributed by atoms with Crippen molar-refractivity contribution < 1.29 is 4.74 Å². The highest BCUT2D eigenvalue weighted by Crippen LogP contribution is 2.29. The number of anilines is 1. The number of nitrogens with zero attached hydrogens (tertiary/aromatic N) is 1. The van der Waals surface area contributed by atoms with E-state index in [1.807, 2.05) is 19.2 Å². The van der Waals surface area contributed by atoms with Gasteiger partial charge in [-0.25, -0.2) is 4.98 Å². The van der Waals surface area contributed by atoms with Crippen molar-refractivity contribution in [2.24, 2.45) is 5.92 Å². The molecule has 1 aliphatic carbocycles. The van der Waals surface area contributed by atoms with E-state index in [0.717, 1.165) is 17.4 Å². The molecular formula is C15H23ClN2O. The van der Waals surface area contributed by atoms with Gasteiger partial charge >= 0.3 is 0 Å². The SMILES string of the molecule is CCC1CCCC(OCc2nc(NC)ccc2Cl)C1. The average molecular weight is 283 g/mol. The molecule has 0 spiro atoms. The summed E-state index contributed by atoms with van der Waals surface area (Å²) in [5.41, 5.74) is 0.826. The molecule has 2 rings (SSSR count). The van der Waals surface area contributed by atoms with Gasteiger partial charge in [0.2, 0.25) is 0 Å². The van der Waals surface area contributed by atoms with Crippen LogP contribution < -0.4 is 5.32 Å². The van der Waals surface area contributed by atoms with E-state index in [2.05, 4.69) is 17.2 Å². The van der Waals surface area contributed by atoms with Gasteiger partial charge < -0.3 is 10.1 Å². The molecule has 1 aromatic heterocycles. The van der Waals surface area contributed by atoms with Gasteiger partial charge in [-0.05, 0) is 30.9 Å². The molecule has 4 heteroatoms. The van der Waals surface area contributed by atoms with Gasteiger partial charge in [0.05, 0.1) is 23.4 Å². The van der Waals surface area contributed by atoms with Crippen LogP contribution in [0.5, 0.6) is 0 Å². The minimum Gasteiger partial charge on any atom is -0.373 e. The van der Waals surface area contributed by atoms with E-state index in [9.17, 15) is 0 Å². The van der Waals surface area contributed by atoms with Gasteiger partial charge in [-0.15, -0.1) is 0 Å². The van der Waals surface area contributed by atoms with Crippen LogP contribution >= 0.6 is 11.6 Å². The summed E-state index contributed by atoms with van der Waals surface area (Å²) in [7, 11) is 1.86. The van der Waals surface area contributed by atoms with Crippen molar-refractivity contribution in [2.75, 3.05) is 12.4 Å². The summed E-state index contributed by atoms with van der Waals surface area (Å²) in [4.78, 5) is 4.45. The molecule has 1 aromatic rings. The van der Waals surface area contributed by atoms with E-state index >= 15 is 0 Å². The van der Waals surface area contributed by atoms with Crippen molar-refractivity contribution in [3.05, 3.63) is 22.8 Å². The van der Waals surface area contributed by atoms with E-state index in [1.165, 1.54) is 32.1 Å². The summed E-state index contributed by atoms with van der Waals surface area (Å²) in [6, 6.07) is 3.74. The van der Waals surface area contributed by atoms with Crippen molar-refractivity contribution >= 4 is 17.4 Å². The number of ether oxygens (including phenoxy) is 1. The lowest BCUT2D eigenvalue weighted by Crippen LogP contribution is -2.22. The molecule has 2 unspecified atom stereocenters. The first-order chi connectivity index (χ1) is 9.22. The fraction of sp³-hybridized carbons (Fsp3) is 0.667. The lowest BCUT2D eigenvalue weighted by molar-refractivity contribution is 0.000432. The molecule has 3 nitrogen and oxygen atoms in total. The molecule has 2 atom stereocenters. The van der Waals surface area contributed by atoms with Crippen LogP contribution in [0.4, 0.5) is 5.82 Å². The zero-order valence-corrected chi connectivity index (χ0v) is 12.5. The van der Waals surface area contributed by atoms with Gasteiger partial charge in [-0.1, -0.05) is 37.8 Å². The second-order valence-electron chi connectivity index (χ2n) is 5.25. The molecule has 0 aromatic carbocycles. The Hall–Kier alpha value is -0.800. The third-order valence-corrected chi connectivity index (χ3v) is 4.29. The number of pyridine rings is 1. The van der Waals surface area contributed by atoms with Crippen LogP contribution in [0.2, 0.25) is 5.02 Å². The van der Waals surface area contributed by atoms with Gasteiger partial charge in [-0.2, -0.15) is 0 Å². The topological polar surface area (TPSA) is 34.1 Å². The quantitative estimate of drug-likeness (QED) is 0.876. The fourth-order valence-corrected chi connectivity index (χ4v) is 2.85. The van der Waals surface area contributed by atoms with Gasteiger partial charge in [0.25, 0.3) is 0 Å². The van der Waals surface area contributed by atoms with Crippen LogP contribution in [0.1, 0.15) is 44.7 Å². The van der Waals surface area contributed by atoms with Crippen molar-refractivity contribution in [2.45, 2.75) is 51.7 Å². The van der Waals surface area contributed by atoms with Crippen molar-refractivity contribution in [1.29, 1.82) is 0 Å². The van der Waals surface area contributed by atoms with Gasteiger partial charge in [-0.3, -0.25) is 0 Å². The molecule has 1 fully saturated rings. The monoisotopic (exact) mass is 282 g/mol. The molecule has 1 aliphatic rings. The Kier molecular flexibility index (Phi) is 5.46. The maximum atomic E-state index is 6.16. The summed E-state index contributed by atoms with van der Waals surface area (Å²) in [6.45, 7) is 2.78. The third-order valence-electron chi connectivity index (χ3n) is 3.94. The smallest absolute Gasteiger partial charge is 0.126 e. The van der Waals surface area contributed by atoms with E-state index in [-0.39, 0.29) is 0 Å². The number of aromatic nitrogens is 1. The zero-order valence-electron chi connectivity index (χ0n) is 11.8. The van der Waals surface area contributed by atoms with E-state index in [0.29, 0.717) is 17.7 Å².